The highest BCUT2D eigenvalue weighted by Gasteiger charge is 2.34. The Hall–Kier alpha value is -17.7. The maximum atomic E-state index is 17.9. The zero-order valence-corrected chi connectivity index (χ0v) is 79.3. The molecule has 0 heterocycles. The number of rotatable bonds is 20. The summed E-state index contributed by atoms with van der Waals surface area (Å²) < 4.78 is 71.2. The molecule has 0 radical (unpaired) electrons. The van der Waals surface area contributed by atoms with E-state index in [1.54, 1.807) is 24.3 Å². The van der Waals surface area contributed by atoms with E-state index in [0.717, 1.165) is 233 Å². The summed E-state index contributed by atoms with van der Waals surface area (Å²) in [5.41, 5.74) is 28.9. The Morgan fingerprint density at radius 3 is 0.613 bits per heavy atom. The molecular formula is C134H96F4N4. The van der Waals surface area contributed by atoms with Gasteiger partial charge in [0.05, 0.1) is 45.5 Å². The Bertz CT molecular complexity index is 8340. The normalized spacial score (nSPS) is 11.5. The van der Waals surface area contributed by atoms with Crippen molar-refractivity contribution in [2.24, 2.45) is 0 Å². The average molecular weight is 1840 g/mol. The summed E-state index contributed by atoms with van der Waals surface area (Å²) in [6.07, 6.45) is 0. The lowest BCUT2D eigenvalue weighted by Crippen LogP contribution is -2.16. The SMILES string of the molecule is Cc1ccc(N(c2c(F)cc(-c3ccccc3)cc2-c2ccccc2)c2ccc3ccc4c(N(c5ccc(C)cc5)c5c(F)cc(-c6ccccc6)cc5-c5ccccc5)ccc5ccc2c3c54)cc1.Cc1cccc(N(c2c(F)cc(-c3ccccc3)cc2-c2ccccc2)c2ccc3ccc4c(N(c5cccc(C)c5C)c5c(F)cc(-c6ccccc6)cc5-c5ccccc5)ccc5ccc2c3c54)c1C. The number of anilines is 12. The molecule has 8 heteroatoms. The highest BCUT2D eigenvalue weighted by Crippen LogP contribution is 2.57. The first-order valence-electron chi connectivity index (χ1n) is 48.3. The standard InChI is InChI=1S/C68H50F2N2.C66H46F2N2/c1-43-19-17-29-61(45(43)3)71(67-57(49-25-13-7-14-26-49)39-53(41-59(67)69)47-21-9-5-10-22-47)63-37-33-51-32-36-56-64(38-34-52-31-35-55(63)65(51)66(52)56)72(62-30-18-20-44(2)46(62)4)68-58(50-27-15-8-16-28-50)40-54(42-60(68)70)48-23-11-6-12-24-48;1-43-23-31-53(32-24-43)69(65-57(47-19-11-5-12-20-47)39-51(41-59(65)67)45-15-7-3-8-16-45)61-37-29-49-28-36-56-62(38-30-50-27-35-55(61)63(49)64(50)56)70(54-33-25-44(2)26-34-54)66-58(48-21-13-6-14-22-48)40-52(42-60(66)68)46-17-9-4-10-18-46/h5-42H,1-4H3;3-42H,1-2H3. The molecule has 0 bridgehead atoms. The van der Waals surface area contributed by atoms with E-state index in [0.29, 0.717) is 22.7 Å². The second kappa shape index (κ2) is 37.3. The Morgan fingerprint density at radius 1 is 0.162 bits per heavy atom. The molecule has 680 valence electrons. The molecule has 142 heavy (non-hydrogen) atoms. The van der Waals surface area contributed by atoms with Crippen molar-refractivity contribution in [1.29, 1.82) is 0 Å². The zero-order chi connectivity index (χ0) is 96.3. The molecule has 0 fully saturated rings. The van der Waals surface area contributed by atoms with Crippen LogP contribution < -0.4 is 19.6 Å². The first-order valence-corrected chi connectivity index (χ1v) is 48.3. The molecule has 0 unspecified atom stereocenters. The van der Waals surface area contributed by atoms with Crippen molar-refractivity contribution in [2.45, 2.75) is 41.5 Å². The van der Waals surface area contributed by atoms with Gasteiger partial charge < -0.3 is 19.6 Å². The van der Waals surface area contributed by atoms with E-state index < -0.39 is 0 Å². The van der Waals surface area contributed by atoms with Crippen molar-refractivity contribution in [3.8, 4) is 89.0 Å². The smallest absolute Gasteiger partial charge is 0.148 e. The molecule has 0 saturated carbocycles. The molecule has 0 atom stereocenters. The van der Waals surface area contributed by atoms with Crippen LogP contribution in [0.2, 0.25) is 0 Å². The Morgan fingerprint density at radius 2 is 0.373 bits per heavy atom. The van der Waals surface area contributed by atoms with E-state index >= 15 is 17.6 Å². The van der Waals surface area contributed by atoms with Crippen LogP contribution in [0.25, 0.3) is 154 Å². The monoisotopic (exact) mass is 1840 g/mol. The number of hydrogen-bond acceptors (Lipinski definition) is 4. The molecule has 4 nitrogen and oxygen atoms in total. The minimum Gasteiger partial charge on any atom is -0.307 e. The van der Waals surface area contributed by atoms with Crippen molar-refractivity contribution < 1.29 is 17.6 Å². The van der Waals surface area contributed by atoms with Crippen LogP contribution in [-0.4, -0.2) is 0 Å². The predicted octanol–water partition coefficient (Wildman–Crippen LogP) is 38.8. The van der Waals surface area contributed by atoms with Crippen LogP contribution >= 0.6 is 0 Å². The van der Waals surface area contributed by atoms with Crippen LogP contribution in [0.1, 0.15) is 33.4 Å². The van der Waals surface area contributed by atoms with Crippen LogP contribution in [0.15, 0.2) is 473 Å². The van der Waals surface area contributed by atoms with Gasteiger partial charge in [0, 0.05) is 66.5 Å². The summed E-state index contributed by atoms with van der Waals surface area (Å²) in [5, 5.41) is 12.2. The van der Waals surface area contributed by atoms with E-state index in [1.165, 1.54) is 0 Å². The molecule has 24 aromatic carbocycles. The van der Waals surface area contributed by atoms with E-state index in [4.69, 9.17) is 0 Å². The number of halogens is 4. The van der Waals surface area contributed by atoms with Crippen LogP contribution in [0.3, 0.4) is 0 Å². The van der Waals surface area contributed by atoms with Crippen molar-refractivity contribution in [3.05, 3.63) is 530 Å². The van der Waals surface area contributed by atoms with Gasteiger partial charge in [-0.25, -0.2) is 17.6 Å². The maximum absolute atomic E-state index is 17.9. The molecule has 0 N–H and O–H groups in total. The Labute approximate surface area is 824 Å². The molecule has 0 saturated heterocycles. The maximum Gasteiger partial charge on any atom is 0.148 e. The topological polar surface area (TPSA) is 13.0 Å². The van der Waals surface area contributed by atoms with Gasteiger partial charge in [-0.15, -0.1) is 0 Å². The fraction of sp³-hybridized carbons (Fsp3) is 0.0448. The van der Waals surface area contributed by atoms with E-state index in [-0.39, 0.29) is 23.3 Å². The number of hydrogen-bond donors (Lipinski definition) is 0. The van der Waals surface area contributed by atoms with Gasteiger partial charge in [0.2, 0.25) is 0 Å². The second-order valence-electron chi connectivity index (χ2n) is 37.0. The van der Waals surface area contributed by atoms with E-state index in [9.17, 15) is 0 Å². The van der Waals surface area contributed by atoms with Crippen molar-refractivity contribution in [3.63, 3.8) is 0 Å². The highest BCUT2D eigenvalue weighted by atomic mass is 19.1. The first kappa shape index (κ1) is 88.3. The summed E-state index contributed by atoms with van der Waals surface area (Å²) in [6.45, 7) is 12.6. The number of nitrogens with zero attached hydrogens (tertiary/aromatic N) is 4. The molecule has 0 aliphatic carbocycles. The summed E-state index contributed by atoms with van der Waals surface area (Å²) in [7, 11) is 0. The lowest BCUT2D eigenvalue weighted by atomic mass is 9.90. The summed E-state index contributed by atoms with van der Waals surface area (Å²) in [6, 6.07) is 159. The van der Waals surface area contributed by atoms with Gasteiger partial charge in [-0.1, -0.05) is 375 Å². The third-order valence-electron chi connectivity index (χ3n) is 28.3. The van der Waals surface area contributed by atoms with Gasteiger partial charge in [-0.05, 0) is 283 Å². The minimum atomic E-state index is -0.336. The molecule has 0 amide bonds. The second-order valence-corrected chi connectivity index (χ2v) is 37.0. The van der Waals surface area contributed by atoms with Crippen molar-refractivity contribution in [2.75, 3.05) is 19.6 Å². The molecule has 0 aliphatic heterocycles. The summed E-state index contributed by atoms with van der Waals surface area (Å²) >= 11 is 0. The Balaban J connectivity index is 0.000000158. The predicted molar refractivity (Wildman–Crippen MR) is 591 cm³/mol. The zero-order valence-electron chi connectivity index (χ0n) is 79.3. The Kier molecular flexibility index (Phi) is 23.2. The van der Waals surface area contributed by atoms with Gasteiger partial charge in [0.25, 0.3) is 0 Å². The fourth-order valence-electron chi connectivity index (χ4n) is 21.0. The van der Waals surface area contributed by atoms with Gasteiger partial charge in [-0.2, -0.15) is 0 Å². The molecular weight excluding hydrogens is 1740 g/mol. The van der Waals surface area contributed by atoms with E-state index in [1.807, 2.05) is 218 Å². The summed E-state index contributed by atoms with van der Waals surface area (Å²) in [5.74, 6) is -1.33. The van der Waals surface area contributed by atoms with Crippen LogP contribution in [0.5, 0.6) is 0 Å². The number of aryl methyl sites for hydroxylation is 4. The van der Waals surface area contributed by atoms with Gasteiger partial charge >= 0.3 is 0 Å². The quantitative estimate of drug-likeness (QED) is 0.0557. The lowest BCUT2D eigenvalue weighted by Gasteiger charge is -2.33. The third-order valence-corrected chi connectivity index (χ3v) is 28.3. The van der Waals surface area contributed by atoms with Crippen LogP contribution in [-0.2, 0) is 0 Å². The van der Waals surface area contributed by atoms with Crippen molar-refractivity contribution >= 4 is 133 Å². The van der Waals surface area contributed by atoms with Crippen LogP contribution in [0, 0.1) is 64.8 Å². The molecule has 0 aromatic heterocycles. The highest BCUT2D eigenvalue weighted by molar-refractivity contribution is 6.30. The number of benzene rings is 24. The fourth-order valence-corrected chi connectivity index (χ4v) is 21.0. The summed E-state index contributed by atoms with van der Waals surface area (Å²) in [4.78, 5) is 8.46. The van der Waals surface area contributed by atoms with Crippen LogP contribution in [0.4, 0.5) is 85.8 Å². The minimum absolute atomic E-state index is 0.331. The van der Waals surface area contributed by atoms with Gasteiger partial charge in [0.1, 0.15) is 23.3 Å². The average Bonchev–Trinajstić information content (AvgIpc) is 0.709. The van der Waals surface area contributed by atoms with E-state index in [2.05, 4.69) is 292 Å². The van der Waals surface area contributed by atoms with Crippen molar-refractivity contribution in [1.82, 2.24) is 0 Å². The third kappa shape index (κ3) is 16.1. The first-order chi connectivity index (χ1) is 69.6. The largest absolute Gasteiger partial charge is 0.307 e. The molecule has 0 aliphatic rings. The molecule has 24 aromatic rings. The van der Waals surface area contributed by atoms with Gasteiger partial charge in [0.15, 0.2) is 0 Å². The molecule has 0 spiro atoms. The lowest BCUT2D eigenvalue weighted by molar-refractivity contribution is 0.629. The van der Waals surface area contributed by atoms with Gasteiger partial charge in [-0.3, -0.25) is 0 Å². The molecule has 24 rings (SSSR count).